The molecule has 0 unspecified atom stereocenters. The maximum absolute atomic E-state index is 9.44. The van der Waals surface area contributed by atoms with Crippen LogP contribution in [-0.2, 0) is 0 Å². The van der Waals surface area contributed by atoms with Gasteiger partial charge in [-0.3, -0.25) is 0 Å². The summed E-state index contributed by atoms with van der Waals surface area (Å²) in [7, 11) is 0. The lowest BCUT2D eigenvalue weighted by Gasteiger charge is -2.14. The van der Waals surface area contributed by atoms with E-state index >= 15 is 0 Å². The fourth-order valence-electron chi connectivity index (χ4n) is 7.28. The number of fused-ring (bicyclic) bond motifs is 6. The average molecular weight is 729 g/mol. The Balaban J connectivity index is 1.15. The monoisotopic (exact) mass is 728 g/mol. The molecule has 0 aliphatic carbocycles. The molecular formula is C51H32N4O. The molecule has 3 aromatic heterocycles. The maximum Gasteiger partial charge on any atom is 0.164 e. The lowest BCUT2D eigenvalue weighted by molar-refractivity contribution is 0.669. The molecule has 0 atom stereocenters. The molecule has 0 radical (unpaired) electrons. The van der Waals surface area contributed by atoms with Gasteiger partial charge < -0.3 is 8.98 Å². The van der Waals surface area contributed by atoms with Gasteiger partial charge in [-0.25, -0.2) is 15.0 Å². The van der Waals surface area contributed by atoms with Crippen molar-refractivity contribution < 1.29 is 20.9 Å². The topological polar surface area (TPSA) is 56.7 Å². The number of para-hydroxylation sites is 3. The van der Waals surface area contributed by atoms with Gasteiger partial charge in [0.05, 0.1) is 33.2 Å². The van der Waals surface area contributed by atoms with E-state index in [-0.39, 0.29) is 38.6 Å². The maximum atomic E-state index is 9.44. The van der Waals surface area contributed by atoms with Crippen molar-refractivity contribution in [2.24, 2.45) is 0 Å². The van der Waals surface area contributed by atoms with E-state index in [1.54, 1.807) is 30.3 Å². The molecule has 0 fully saturated rings. The molecule has 8 aromatic carbocycles. The highest BCUT2D eigenvalue weighted by Gasteiger charge is 2.20. The summed E-state index contributed by atoms with van der Waals surface area (Å²) in [4.78, 5) is 14.7. The van der Waals surface area contributed by atoms with Crippen LogP contribution < -0.4 is 0 Å². The van der Waals surface area contributed by atoms with Crippen LogP contribution in [0.3, 0.4) is 0 Å². The first-order valence-electron chi connectivity index (χ1n) is 23.8. The third-order valence-electron chi connectivity index (χ3n) is 9.87. The van der Waals surface area contributed by atoms with Gasteiger partial charge in [-0.15, -0.1) is 0 Å². The Bertz CT molecular complexity index is 3860. The highest BCUT2D eigenvalue weighted by atomic mass is 16.3. The number of rotatable bonds is 6. The first-order valence-corrected chi connectivity index (χ1v) is 17.8. The molecule has 0 N–H and O–H groups in total. The summed E-state index contributed by atoms with van der Waals surface area (Å²) < 4.78 is 115. The van der Waals surface area contributed by atoms with Crippen LogP contribution in [-0.4, -0.2) is 19.5 Å². The van der Waals surface area contributed by atoms with Crippen molar-refractivity contribution in [2.75, 3.05) is 0 Å². The normalized spacial score (nSPS) is 14.6. The van der Waals surface area contributed by atoms with Crippen molar-refractivity contribution in [1.82, 2.24) is 19.5 Å². The standard InChI is InChI=1S/C51H32N4O/c1-3-14-33(15-4-1)34-26-28-36(29-27-34)50-52-49(35-16-5-2-6-17-35)53-51(54-50)37-30-31-42-47(32-37)56-46-25-13-21-41(48(42)46)40-20-9-12-24-45(40)55-43-22-10-7-18-38(43)39-19-8-11-23-44(39)55/h1-32H/i7D,8D,9D,10D,11D,12D,18D,19D,20D,22D,23D,24D. The van der Waals surface area contributed by atoms with E-state index in [0.717, 1.165) is 26.8 Å². The SMILES string of the molecule is [2H]c1c([2H])c([2H])c(-n2c3c([2H])c([2H])c([2H])c([2H])c3c3c([2H])c([2H])c([2H])c([2H])c32)c(-c2cccc3oc4cc(-c5nc(-c6ccccc6)nc(-c6ccc(-c7ccccc7)cc6)n5)ccc4c23)c1[2H]. The van der Waals surface area contributed by atoms with Crippen molar-refractivity contribution in [2.45, 2.75) is 0 Å². The summed E-state index contributed by atoms with van der Waals surface area (Å²) in [5.41, 5.74) is 4.32. The zero-order valence-electron chi connectivity index (χ0n) is 41.2. The van der Waals surface area contributed by atoms with Gasteiger partial charge >= 0.3 is 0 Å². The van der Waals surface area contributed by atoms with Crippen molar-refractivity contribution in [3.05, 3.63) is 194 Å². The number of aromatic nitrogens is 4. The Hall–Kier alpha value is -7.63. The molecule has 0 bridgehead atoms. The minimum Gasteiger partial charge on any atom is -0.456 e. The van der Waals surface area contributed by atoms with E-state index in [0.29, 0.717) is 45.0 Å². The van der Waals surface area contributed by atoms with E-state index in [2.05, 4.69) is 0 Å². The van der Waals surface area contributed by atoms with E-state index < -0.39 is 72.5 Å². The van der Waals surface area contributed by atoms with Gasteiger partial charge in [-0.2, -0.15) is 0 Å². The molecule has 11 rings (SSSR count). The molecule has 3 heterocycles. The predicted molar refractivity (Wildman–Crippen MR) is 229 cm³/mol. The molecule has 5 nitrogen and oxygen atoms in total. The van der Waals surface area contributed by atoms with Gasteiger partial charge in [0.2, 0.25) is 0 Å². The Labute approximate surface area is 339 Å². The highest BCUT2D eigenvalue weighted by molar-refractivity contribution is 6.15. The van der Waals surface area contributed by atoms with Crippen molar-refractivity contribution in [3.63, 3.8) is 0 Å². The van der Waals surface area contributed by atoms with E-state index in [4.69, 9.17) is 33.1 Å². The smallest absolute Gasteiger partial charge is 0.164 e. The number of furan rings is 1. The van der Waals surface area contributed by atoms with Crippen LogP contribution in [0.25, 0.3) is 106 Å². The molecule has 0 saturated heterocycles. The number of nitrogens with zero attached hydrogens (tertiary/aromatic N) is 4. The molecule has 0 aliphatic rings. The summed E-state index contributed by atoms with van der Waals surface area (Å²) in [5, 5.41) is 0.552. The zero-order chi connectivity index (χ0) is 47.4. The van der Waals surface area contributed by atoms with E-state index in [1.165, 1.54) is 0 Å². The fourth-order valence-corrected chi connectivity index (χ4v) is 7.28. The first-order chi connectivity index (χ1) is 32.7. The number of benzene rings is 8. The van der Waals surface area contributed by atoms with Gasteiger partial charge in [0.1, 0.15) is 11.2 Å². The first kappa shape index (κ1) is 21.9. The second-order valence-electron chi connectivity index (χ2n) is 13.1. The highest BCUT2D eigenvalue weighted by Crippen LogP contribution is 2.42. The van der Waals surface area contributed by atoms with Gasteiger partial charge in [0.25, 0.3) is 0 Å². The van der Waals surface area contributed by atoms with Crippen LogP contribution in [0, 0.1) is 0 Å². The number of hydrogen-bond donors (Lipinski definition) is 0. The lowest BCUT2D eigenvalue weighted by Crippen LogP contribution is -2.00. The zero-order valence-corrected chi connectivity index (χ0v) is 29.2. The third-order valence-corrected chi connectivity index (χ3v) is 9.87. The van der Waals surface area contributed by atoms with Crippen molar-refractivity contribution in [1.29, 1.82) is 0 Å². The van der Waals surface area contributed by atoms with Gasteiger partial charge in [0.15, 0.2) is 17.5 Å². The second-order valence-corrected chi connectivity index (χ2v) is 13.1. The van der Waals surface area contributed by atoms with Gasteiger partial charge in [-0.05, 0) is 53.0 Å². The molecule has 0 saturated carbocycles. The summed E-state index contributed by atoms with van der Waals surface area (Å²) in [6.07, 6.45) is 0. The van der Waals surface area contributed by atoms with Crippen LogP contribution in [0.4, 0.5) is 0 Å². The minimum atomic E-state index is -0.668. The predicted octanol–water partition coefficient (Wildman–Crippen LogP) is 13.2. The van der Waals surface area contributed by atoms with Crippen LogP contribution in [0.1, 0.15) is 16.4 Å². The Morgan fingerprint density at radius 3 is 1.64 bits per heavy atom. The Morgan fingerprint density at radius 2 is 0.946 bits per heavy atom. The second kappa shape index (κ2) is 13.0. The minimum absolute atomic E-state index is 0.0973. The number of hydrogen-bond acceptors (Lipinski definition) is 4. The Morgan fingerprint density at radius 1 is 0.411 bits per heavy atom. The van der Waals surface area contributed by atoms with Gasteiger partial charge in [0, 0.05) is 43.8 Å². The molecule has 11 aromatic rings. The summed E-state index contributed by atoms with van der Waals surface area (Å²) in [6.45, 7) is 0. The molecule has 262 valence electrons. The average Bonchev–Trinajstić information content (AvgIpc) is 3.93. The summed E-state index contributed by atoms with van der Waals surface area (Å²) >= 11 is 0. The molecule has 0 aliphatic heterocycles. The molecule has 0 spiro atoms. The quantitative estimate of drug-likeness (QED) is 0.171. The lowest BCUT2D eigenvalue weighted by atomic mass is 9.97. The molecule has 5 heteroatoms. The van der Waals surface area contributed by atoms with Crippen LogP contribution >= 0.6 is 0 Å². The largest absolute Gasteiger partial charge is 0.456 e. The van der Waals surface area contributed by atoms with Crippen molar-refractivity contribution >= 4 is 43.7 Å². The van der Waals surface area contributed by atoms with Crippen LogP contribution in [0.2, 0.25) is 0 Å². The van der Waals surface area contributed by atoms with E-state index in [1.807, 2.05) is 91.0 Å². The summed E-state index contributed by atoms with van der Waals surface area (Å²) in [6, 6.07) is 30.7. The fraction of sp³-hybridized carbons (Fsp3) is 0. The van der Waals surface area contributed by atoms with Crippen LogP contribution in [0.15, 0.2) is 198 Å². The van der Waals surface area contributed by atoms with Crippen LogP contribution in [0.5, 0.6) is 0 Å². The summed E-state index contributed by atoms with van der Waals surface area (Å²) in [5.74, 6) is 1.27. The third kappa shape index (κ3) is 5.29. The molecular weight excluding hydrogens is 685 g/mol. The van der Waals surface area contributed by atoms with Crippen molar-refractivity contribution in [3.8, 4) is 62.1 Å². The molecule has 0 amide bonds. The van der Waals surface area contributed by atoms with Gasteiger partial charge in [-0.1, -0.05) is 158 Å². The molecule has 56 heavy (non-hydrogen) atoms. The van der Waals surface area contributed by atoms with E-state index in [9.17, 15) is 2.74 Å². The Kier molecular flexibility index (Phi) is 5.10.